The summed E-state index contributed by atoms with van der Waals surface area (Å²) in [6.07, 6.45) is 45.7. The fourth-order valence-corrected chi connectivity index (χ4v) is 8.90. The van der Waals surface area contributed by atoms with Gasteiger partial charge in [-0.3, -0.25) is 14.4 Å². The summed E-state index contributed by atoms with van der Waals surface area (Å²) in [5, 5.41) is 39.2. The van der Waals surface area contributed by atoms with Gasteiger partial charge in [0.15, 0.2) is 0 Å². The van der Waals surface area contributed by atoms with Crippen LogP contribution in [0.3, 0.4) is 0 Å². The second-order valence-corrected chi connectivity index (χ2v) is 20.6. The van der Waals surface area contributed by atoms with Gasteiger partial charge in [-0.15, -0.1) is 0 Å². The summed E-state index contributed by atoms with van der Waals surface area (Å²) in [5.41, 5.74) is 0. The van der Waals surface area contributed by atoms with E-state index >= 15 is 0 Å². The highest BCUT2D eigenvalue weighted by atomic mass is 16.5. The lowest BCUT2D eigenvalue weighted by molar-refractivity contribution is -0.141. The number of carbonyl (C=O) groups excluding carboxylic acids is 2. The predicted molar refractivity (Wildman–Crippen MR) is 296 cm³/mol. The molecule has 6 unspecified atom stereocenters. The fraction of sp³-hybridized carbons (Fsp3) is 0.950. The number of carboxylic acids is 1. The Kier molecular flexibility index (Phi) is 63.9. The van der Waals surface area contributed by atoms with Crippen molar-refractivity contribution < 1.29 is 49.0 Å². The molecule has 0 bridgehead atoms. The molecule has 70 heavy (non-hydrogen) atoms. The molecule has 0 fully saturated rings. The van der Waals surface area contributed by atoms with E-state index in [1.165, 1.54) is 123 Å². The lowest BCUT2D eigenvalue weighted by atomic mass is 9.93. The van der Waals surface area contributed by atoms with Crippen LogP contribution in [0.4, 0.5) is 0 Å². The quantitative estimate of drug-likeness (QED) is 0.0341. The number of aliphatic hydroxyl groups excluding tert-OH is 3. The Hall–Kier alpha value is -1.75. The van der Waals surface area contributed by atoms with Crippen molar-refractivity contribution in [3.8, 4) is 0 Å². The third-order valence-corrected chi connectivity index (χ3v) is 14.0. The van der Waals surface area contributed by atoms with E-state index in [0.717, 1.165) is 141 Å². The summed E-state index contributed by atoms with van der Waals surface area (Å²) < 4.78 is 14.7. The van der Waals surface area contributed by atoms with Crippen molar-refractivity contribution in [2.75, 3.05) is 21.3 Å². The molecular weight excluding hydrogens is 881 g/mol. The van der Waals surface area contributed by atoms with Gasteiger partial charge in [0, 0.05) is 26.4 Å². The number of hydrogen-bond acceptors (Lipinski definition) is 9. The molecule has 10 nitrogen and oxygen atoms in total. The molecule has 0 aliphatic heterocycles. The third kappa shape index (κ3) is 57.2. The van der Waals surface area contributed by atoms with Gasteiger partial charge in [0.25, 0.3) is 0 Å². The smallest absolute Gasteiger partial charge is 0.305 e. The largest absolute Gasteiger partial charge is 0.481 e. The van der Waals surface area contributed by atoms with Gasteiger partial charge in [0.1, 0.15) is 0 Å². The molecule has 0 aromatic heterocycles. The van der Waals surface area contributed by atoms with Crippen LogP contribution in [0.1, 0.15) is 312 Å². The minimum absolute atomic E-state index is 0. The van der Waals surface area contributed by atoms with Crippen molar-refractivity contribution in [1.82, 2.24) is 0 Å². The first-order chi connectivity index (χ1) is 33.3. The first-order valence-electron chi connectivity index (χ1n) is 29.3. The van der Waals surface area contributed by atoms with E-state index in [0.29, 0.717) is 24.7 Å². The molecule has 4 N–H and O–H groups in total. The van der Waals surface area contributed by atoms with Gasteiger partial charge in [0.2, 0.25) is 0 Å². The number of hydrogen-bond donors (Lipinski definition) is 4. The van der Waals surface area contributed by atoms with Gasteiger partial charge in [-0.25, -0.2) is 0 Å². The van der Waals surface area contributed by atoms with Gasteiger partial charge in [-0.05, 0) is 69.6 Å². The molecule has 0 saturated carbocycles. The Bertz CT molecular complexity index is 1000. The van der Waals surface area contributed by atoms with Crippen molar-refractivity contribution in [2.24, 2.45) is 11.8 Å². The number of rotatable bonds is 49. The molecule has 0 aliphatic rings. The number of methoxy groups -OCH3 is 3. The normalized spacial score (nSPS) is 13.6. The predicted octanol–water partition coefficient (Wildman–Crippen LogP) is 16.8. The molecule has 6 atom stereocenters. The van der Waals surface area contributed by atoms with Gasteiger partial charge in [0.05, 0.1) is 38.6 Å². The number of aliphatic carboxylic acids is 1. The van der Waals surface area contributed by atoms with Gasteiger partial charge < -0.3 is 34.6 Å². The van der Waals surface area contributed by atoms with E-state index < -0.39 is 5.97 Å². The summed E-state index contributed by atoms with van der Waals surface area (Å²) in [5.74, 6) is -0.0591. The van der Waals surface area contributed by atoms with Gasteiger partial charge >= 0.3 is 17.9 Å². The van der Waals surface area contributed by atoms with Crippen LogP contribution in [0.15, 0.2) is 0 Å². The van der Waals surface area contributed by atoms with E-state index in [1.807, 2.05) is 0 Å². The molecule has 0 rings (SSSR count). The maximum atomic E-state index is 11.0. The van der Waals surface area contributed by atoms with Crippen molar-refractivity contribution in [1.29, 1.82) is 0 Å². The molecule has 0 aromatic rings. The highest BCUT2D eigenvalue weighted by molar-refractivity contribution is 5.69. The molecular formula is C60H122O10. The zero-order valence-electron chi connectivity index (χ0n) is 46.9. The summed E-state index contributed by atoms with van der Waals surface area (Å²) in [4.78, 5) is 32.3. The lowest BCUT2D eigenvalue weighted by Crippen LogP contribution is -2.27. The number of esters is 2. The molecule has 0 aliphatic carbocycles. The van der Waals surface area contributed by atoms with Gasteiger partial charge in [-0.2, -0.15) is 0 Å². The van der Waals surface area contributed by atoms with Crippen molar-refractivity contribution in [3.63, 3.8) is 0 Å². The Morgan fingerprint density at radius 1 is 0.357 bits per heavy atom. The zero-order valence-corrected chi connectivity index (χ0v) is 46.9. The highest BCUT2D eigenvalue weighted by Crippen LogP contribution is 2.22. The Morgan fingerprint density at radius 3 is 0.914 bits per heavy atom. The van der Waals surface area contributed by atoms with Crippen LogP contribution in [-0.2, 0) is 28.6 Å². The van der Waals surface area contributed by atoms with Crippen LogP contribution >= 0.6 is 0 Å². The summed E-state index contributed by atoms with van der Waals surface area (Å²) in [7, 11) is 4.56. The Balaban J connectivity index is -0.000000463. The maximum absolute atomic E-state index is 11.0. The Morgan fingerprint density at radius 2 is 0.614 bits per heavy atom. The van der Waals surface area contributed by atoms with Crippen LogP contribution < -0.4 is 0 Å². The highest BCUT2D eigenvalue weighted by Gasteiger charge is 2.18. The zero-order chi connectivity index (χ0) is 52.0. The van der Waals surface area contributed by atoms with E-state index in [2.05, 4.69) is 44.1 Å². The number of ether oxygens (including phenoxy) is 3. The third-order valence-electron chi connectivity index (χ3n) is 14.0. The molecule has 10 heteroatoms. The van der Waals surface area contributed by atoms with Crippen LogP contribution in [-0.4, -0.2) is 84.1 Å². The van der Waals surface area contributed by atoms with E-state index in [1.54, 1.807) is 7.11 Å². The fourth-order valence-electron chi connectivity index (χ4n) is 8.90. The van der Waals surface area contributed by atoms with Crippen molar-refractivity contribution in [3.05, 3.63) is 0 Å². The molecule has 0 aromatic carbocycles. The van der Waals surface area contributed by atoms with Crippen LogP contribution in [0.2, 0.25) is 0 Å². The molecule has 0 spiro atoms. The number of carboxylic acid groups (broad SMARTS) is 1. The lowest BCUT2D eigenvalue weighted by Gasteiger charge is -2.21. The maximum Gasteiger partial charge on any atom is 0.305 e. The van der Waals surface area contributed by atoms with Crippen LogP contribution in [0.25, 0.3) is 0 Å². The van der Waals surface area contributed by atoms with E-state index in [9.17, 15) is 29.7 Å². The molecule has 0 radical (unpaired) electrons. The second-order valence-electron chi connectivity index (χ2n) is 20.6. The van der Waals surface area contributed by atoms with E-state index in [4.69, 9.17) is 9.84 Å². The summed E-state index contributed by atoms with van der Waals surface area (Å²) >= 11 is 0. The van der Waals surface area contributed by atoms with Crippen molar-refractivity contribution >= 4 is 17.9 Å². The number of carbonyl (C=O) groups is 3. The average molecular weight is 1000 g/mol. The topological polar surface area (TPSA) is 160 Å². The minimum Gasteiger partial charge on any atom is -0.481 e. The number of unbranched alkanes of at least 4 members (excludes halogenated alkanes) is 27. The first-order valence-corrected chi connectivity index (χ1v) is 29.3. The standard InChI is InChI=1S/2C20H40O3.C19H38O4.CH4/c2*1-4-5-6-7-9-12-15-18(2)19(21)16-13-10-8-11-14-17-20(22)23-3;1-3-4-5-6-8-11-14-17(20)18(23-2)15-12-9-7-10-13-16-19(21)22;/h2*18-19,21H,4-17H2,1-3H3;17-18,20H,3-16H2,1-2H3,(H,21,22);1H4. The van der Waals surface area contributed by atoms with Crippen LogP contribution in [0, 0.1) is 11.8 Å². The molecule has 0 saturated heterocycles. The summed E-state index contributed by atoms with van der Waals surface area (Å²) in [6, 6.07) is 0. The number of aliphatic hydroxyl groups is 3. The van der Waals surface area contributed by atoms with E-state index in [-0.39, 0.29) is 50.2 Å². The van der Waals surface area contributed by atoms with Gasteiger partial charge in [-0.1, -0.05) is 235 Å². The molecule has 422 valence electrons. The second kappa shape index (κ2) is 59.8. The van der Waals surface area contributed by atoms with Crippen LogP contribution in [0.5, 0.6) is 0 Å². The Labute approximate surface area is 434 Å². The van der Waals surface area contributed by atoms with Crippen molar-refractivity contribution in [2.45, 2.75) is 336 Å². The molecule has 0 amide bonds. The molecule has 0 heterocycles. The first kappa shape index (κ1) is 74.8. The minimum atomic E-state index is -0.706. The SMILES string of the molecule is C.CCCCCCCCC(C)C(O)CCCCCCCC(=O)OC.CCCCCCCCC(C)C(O)CCCCCCCC(=O)OC.CCCCCCCCC(O)C(CCCCCCCC(=O)O)OC. The monoisotopic (exact) mass is 1000 g/mol. The average Bonchev–Trinajstić information content (AvgIpc) is 3.34. The summed E-state index contributed by atoms with van der Waals surface area (Å²) in [6.45, 7) is 11.1.